The summed E-state index contributed by atoms with van der Waals surface area (Å²) in [5.41, 5.74) is 0. The number of ether oxygens (including phenoxy) is 1. The van der Waals surface area contributed by atoms with E-state index in [4.69, 9.17) is 0 Å². The Bertz CT molecular complexity index is 199. The highest BCUT2D eigenvalue weighted by atomic mass is 16.5. The Labute approximate surface area is 118 Å². The average molecular weight is 272 g/mol. The number of hydrogen-bond acceptors (Lipinski definition) is 3. The second kappa shape index (κ2) is 15.3. The Morgan fingerprint density at radius 3 is 1.63 bits per heavy atom. The molecule has 0 aliphatic rings. The van der Waals surface area contributed by atoms with Crippen LogP contribution >= 0.6 is 0 Å². The normalized spacial score (nSPS) is 10.4. The molecule has 0 saturated heterocycles. The maximum atomic E-state index is 10.8. The van der Waals surface area contributed by atoms with Crippen molar-refractivity contribution in [1.82, 2.24) is 10.6 Å². The molecule has 0 aromatic rings. The zero-order chi connectivity index (χ0) is 14.2. The zero-order valence-electron chi connectivity index (χ0n) is 12.8. The van der Waals surface area contributed by atoms with Gasteiger partial charge in [0.05, 0.1) is 7.11 Å². The molecular formula is C15H32N2O2. The molecular weight excluding hydrogens is 240 g/mol. The van der Waals surface area contributed by atoms with Crippen molar-refractivity contribution in [3.05, 3.63) is 0 Å². The first-order valence-electron chi connectivity index (χ1n) is 7.77. The number of nitrogens with one attached hydrogen (secondary N) is 2. The summed E-state index contributed by atoms with van der Waals surface area (Å²) in [6, 6.07) is 0. The van der Waals surface area contributed by atoms with Crippen LogP contribution in [0.3, 0.4) is 0 Å². The lowest BCUT2D eigenvalue weighted by molar-refractivity contribution is 0.171. The molecule has 0 aromatic carbocycles. The van der Waals surface area contributed by atoms with Crippen molar-refractivity contribution < 1.29 is 9.53 Å². The van der Waals surface area contributed by atoms with Crippen molar-refractivity contribution in [2.75, 3.05) is 27.2 Å². The molecule has 0 aliphatic carbocycles. The molecule has 0 saturated carbocycles. The number of rotatable bonds is 13. The minimum Gasteiger partial charge on any atom is -0.453 e. The lowest BCUT2D eigenvalue weighted by Gasteiger charge is -2.04. The molecule has 0 bridgehead atoms. The van der Waals surface area contributed by atoms with E-state index in [9.17, 15) is 4.79 Å². The first-order valence-corrected chi connectivity index (χ1v) is 7.77. The number of alkyl carbamates (subject to hydrolysis) is 1. The van der Waals surface area contributed by atoms with E-state index in [-0.39, 0.29) is 6.09 Å². The van der Waals surface area contributed by atoms with Crippen LogP contribution in [0.4, 0.5) is 4.79 Å². The van der Waals surface area contributed by atoms with E-state index in [1.54, 1.807) is 0 Å². The van der Waals surface area contributed by atoms with Crippen LogP contribution in [0.5, 0.6) is 0 Å². The number of amides is 1. The van der Waals surface area contributed by atoms with Crippen LogP contribution < -0.4 is 10.6 Å². The Hall–Kier alpha value is -0.770. The number of methoxy groups -OCH3 is 1. The smallest absolute Gasteiger partial charge is 0.406 e. The molecule has 0 aromatic heterocycles. The Morgan fingerprint density at radius 1 is 0.789 bits per heavy atom. The van der Waals surface area contributed by atoms with Crippen molar-refractivity contribution >= 4 is 6.09 Å². The molecule has 0 unspecified atom stereocenters. The second-order valence-electron chi connectivity index (χ2n) is 5.06. The first-order chi connectivity index (χ1) is 9.31. The summed E-state index contributed by atoms with van der Waals surface area (Å²) in [7, 11) is 3.41. The van der Waals surface area contributed by atoms with E-state index < -0.39 is 0 Å². The van der Waals surface area contributed by atoms with Gasteiger partial charge < -0.3 is 15.4 Å². The van der Waals surface area contributed by atoms with Crippen LogP contribution in [-0.2, 0) is 4.74 Å². The topological polar surface area (TPSA) is 50.4 Å². The van der Waals surface area contributed by atoms with Crippen molar-refractivity contribution in [2.24, 2.45) is 0 Å². The van der Waals surface area contributed by atoms with Gasteiger partial charge in [0.2, 0.25) is 0 Å². The molecule has 0 radical (unpaired) electrons. The predicted molar refractivity (Wildman–Crippen MR) is 80.5 cm³/mol. The van der Waals surface area contributed by atoms with Gasteiger partial charge in [-0.2, -0.15) is 0 Å². The minimum atomic E-state index is -0.321. The van der Waals surface area contributed by atoms with E-state index >= 15 is 0 Å². The minimum absolute atomic E-state index is 0.321. The number of carbonyl (C=O) groups excluding carboxylic acids is 1. The molecule has 0 heterocycles. The average Bonchev–Trinajstić information content (AvgIpc) is 2.43. The molecule has 0 spiro atoms. The van der Waals surface area contributed by atoms with Crippen LogP contribution in [0.2, 0.25) is 0 Å². The SMILES string of the molecule is CNCCCCCCCCCCCCNC(=O)OC. The third kappa shape index (κ3) is 15.2. The largest absolute Gasteiger partial charge is 0.453 e. The predicted octanol–water partition coefficient (Wildman–Crippen LogP) is 3.46. The number of unbranched alkanes of at least 4 members (excludes halogenated alkanes) is 9. The lowest BCUT2D eigenvalue weighted by Crippen LogP contribution is -2.23. The first kappa shape index (κ1) is 18.2. The van der Waals surface area contributed by atoms with Crippen LogP contribution in [0, 0.1) is 0 Å². The molecule has 19 heavy (non-hydrogen) atoms. The molecule has 0 fully saturated rings. The zero-order valence-corrected chi connectivity index (χ0v) is 12.8. The fourth-order valence-corrected chi connectivity index (χ4v) is 2.10. The third-order valence-corrected chi connectivity index (χ3v) is 3.31. The van der Waals surface area contributed by atoms with Crippen molar-refractivity contribution in [2.45, 2.75) is 64.2 Å². The van der Waals surface area contributed by atoms with Crippen molar-refractivity contribution in [1.29, 1.82) is 0 Å². The maximum Gasteiger partial charge on any atom is 0.406 e. The Balaban J connectivity index is 2.97. The highest BCUT2D eigenvalue weighted by Gasteiger charge is 1.96. The summed E-state index contributed by atoms with van der Waals surface area (Å²) in [6.07, 6.45) is 12.7. The second-order valence-corrected chi connectivity index (χ2v) is 5.06. The summed E-state index contributed by atoms with van der Waals surface area (Å²) in [6.45, 7) is 1.89. The van der Waals surface area contributed by atoms with Gasteiger partial charge in [-0.25, -0.2) is 4.79 Å². The summed E-state index contributed by atoms with van der Waals surface area (Å²) in [5, 5.41) is 5.88. The number of hydrogen-bond donors (Lipinski definition) is 2. The molecule has 0 atom stereocenters. The summed E-state index contributed by atoms with van der Waals surface area (Å²) < 4.78 is 4.50. The molecule has 0 rings (SSSR count). The van der Waals surface area contributed by atoms with E-state index in [1.807, 2.05) is 7.05 Å². The van der Waals surface area contributed by atoms with Crippen molar-refractivity contribution in [3.63, 3.8) is 0 Å². The van der Waals surface area contributed by atoms with E-state index in [0.29, 0.717) is 0 Å². The van der Waals surface area contributed by atoms with E-state index in [2.05, 4.69) is 15.4 Å². The quantitative estimate of drug-likeness (QED) is 0.505. The third-order valence-electron chi connectivity index (χ3n) is 3.31. The van der Waals surface area contributed by atoms with Crippen LogP contribution in [0.1, 0.15) is 64.2 Å². The van der Waals surface area contributed by atoms with Gasteiger partial charge in [-0.3, -0.25) is 0 Å². The molecule has 2 N–H and O–H groups in total. The maximum absolute atomic E-state index is 10.8. The lowest BCUT2D eigenvalue weighted by atomic mass is 10.1. The van der Waals surface area contributed by atoms with Gasteiger partial charge in [0.25, 0.3) is 0 Å². The fourth-order valence-electron chi connectivity index (χ4n) is 2.10. The monoisotopic (exact) mass is 272 g/mol. The summed E-state index contributed by atoms with van der Waals surface area (Å²) >= 11 is 0. The van der Waals surface area contributed by atoms with Gasteiger partial charge in [0, 0.05) is 6.54 Å². The molecule has 114 valence electrons. The van der Waals surface area contributed by atoms with Gasteiger partial charge in [0.15, 0.2) is 0 Å². The van der Waals surface area contributed by atoms with E-state index in [0.717, 1.165) is 19.5 Å². The van der Waals surface area contributed by atoms with Gasteiger partial charge in [-0.1, -0.05) is 51.4 Å². The summed E-state index contributed by atoms with van der Waals surface area (Å²) in [4.78, 5) is 10.8. The van der Waals surface area contributed by atoms with Gasteiger partial charge in [0.1, 0.15) is 0 Å². The Morgan fingerprint density at radius 2 is 1.21 bits per heavy atom. The molecule has 4 nitrogen and oxygen atoms in total. The van der Waals surface area contributed by atoms with Crippen LogP contribution in [0.25, 0.3) is 0 Å². The van der Waals surface area contributed by atoms with Gasteiger partial charge in [-0.15, -0.1) is 0 Å². The van der Waals surface area contributed by atoms with Crippen LogP contribution in [-0.4, -0.2) is 33.3 Å². The number of carbonyl (C=O) groups is 1. The van der Waals surface area contributed by atoms with E-state index in [1.165, 1.54) is 64.9 Å². The standard InChI is InChI=1S/C15H32N2O2/c1-16-13-11-9-7-5-3-4-6-8-10-12-14-17-15(18)19-2/h16H,3-14H2,1-2H3,(H,17,18). The molecule has 0 aliphatic heterocycles. The molecule has 4 heteroatoms. The molecule has 1 amide bonds. The Kier molecular flexibility index (Phi) is 14.7. The fraction of sp³-hybridized carbons (Fsp3) is 0.933. The highest BCUT2D eigenvalue weighted by molar-refractivity contribution is 5.66. The highest BCUT2D eigenvalue weighted by Crippen LogP contribution is 2.10. The van der Waals surface area contributed by atoms with Gasteiger partial charge >= 0.3 is 6.09 Å². The van der Waals surface area contributed by atoms with Gasteiger partial charge in [-0.05, 0) is 26.4 Å². The summed E-state index contributed by atoms with van der Waals surface area (Å²) in [5.74, 6) is 0. The van der Waals surface area contributed by atoms with Crippen LogP contribution in [0.15, 0.2) is 0 Å². The van der Waals surface area contributed by atoms with Crippen molar-refractivity contribution in [3.8, 4) is 0 Å².